The molecule has 0 bridgehead atoms. The summed E-state index contributed by atoms with van der Waals surface area (Å²) in [6.07, 6.45) is 1.85. The minimum absolute atomic E-state index is 0. The first-order valence-electron chi connectivity index (χ1n) is 3.68. The van der Waals surface area contributed by atoms with Crippen LogP contribution in [0.2, 0.25) is 0 Å². The van der Waals surface area contributed by atoms with E-state index in [2.05, 4.69) is 0 Å². The molecule has 12 heavy (non-hydrogen) atoms. The van der Waals surface area contributed by atoms with Crippen LogP contribution in [0.1, 0.15) is 41.5 Å². The Hall–Kier alpha value is 0.214. The zero-order chi connectivity index (χ0) is 9.71. The Bertz CT molecular complexity index is 103. The molecule has 3 heteroatoms. The molecule has 0 fully saturated rings. The first-order chi connectivity index (χ1) is 4.56. The first kappa shape index (κ1) is 18.1. The van der Waals surface area contributed by atoms with Gasteiger partial charge in [0, 0.05) is 18.6 Å². The molecule has 0 amide bonds. The predicted octanol–water partition coefficient (Wildman–Crippen LogP) is 1.92. The third kappa shape index (κ3) is 83.9. The summed E-state index contributed by atoms with van der Waals surface area (Å²) in [5.74, 6) is 0. The van der Waals surface area contributed by atoms with Gasteiger partial charge in [0.15, 0.2) is 0 Å². The van der Waals surface area contributed by atoms with Crippen molar-refractivity contribution in [2.45, 2.75) is 47.1 Å². The molecule has 1 radical (unpaired) electrons. The summed E-state index contributed by atoms with van der Waals surface area (Å²) < 4.78 is 0. The molecule has 0 atom stereocenters. The smallest absolute Gasteiger partial charge is 0.0563 e. The van der Waals surface area contributed by atoms with E-state index in [4.69, 9.17) is 5.11 Å². The summed E-state index contributed by atoms with van der Waals surface area (Å²) in [6.45, 7) is 10.7. The van der Waals surface area contributed by atoms with Gasteiger partial charge in [-0.05, 0) is 20.8 Å². The molecule has 0 saturated heterocycles. The molecule has 0 aliphatic carbocycles. The van der Waals surface area contributed by atoms with Crippen molar-refractivity contribution in [1.29, 1.82) is 0 Å². The molecule has 0 aliphatic rings. The van der Waals surface area contributed by atoms with Gasteiger partial charge in [0.25, 0.3) is 0 Å². The van der Waals surface area contributed by atoms with Gasteiger partial charge in [0.1, 0.15) is 0 Å². The standard InChI is InChI=1S/C5H9O.C4H10O.V/c1-5(2,3)4-6;1-4(2,3)5;/h1-3H3;5H,1-3H3;/q-1;;. The third-order valence-corrected chi connectivity index (χ3v) is 0.306. The maximum Gasteiger partial charge on any atom is 0.0563 e. The minimum Gasteiger partial charge on any atom is -0.541 e. The number of aliphatic hydroxyl groups is 1. The number of rotatable bonds is 0. The van der Waals surface area contributed by atoms with Crippen LogP contribution in [0, 0.1) is 5.41 Å². The van der Waals surface area contributed by atoms with Crippen LogP contribution in [-0.2, 0) is 23.4 Å². The average molecular weight is 210 g/mol. The van der Waals surface area contributed by atoms with Gasteiger partial charge in [0.2, 0.25) is 0 Å². The molecule has 0 heterocycles. The Morgan fingerprint density at radius 3 is 1.08 bits per heavy atom. The number of hydrogen-bond donors (Lipinski definition) is 1. The van der Waals surface area contributed by atoms with Crippen molar-refractivity contribution in [3.8, 4) is 0 Å². The largest absolute Gasteiger partial charge is 0.541 e. The van der Waals surface area contributed by atoms with E-state index in [1.165, 1.54) is 0 Å². The monoisotopic (exact) mass is 210 g/mol. The van der Waals surface area contributed by atoms with Crippen LogP contribution in [0.5, 0.6) is 0 Å². The Kier molecular flexibility index (Phi) is 10.1. The van der Waals surface area contributed by atoms with E-state index in [9.17, 15) is 4.79 Å². The van der Waals surface area contributed by atoms with Gasteiger partial charge in [-0.1, -0.05) is 20.8 Å². The molecular formula is C9H19O2V-. The minimum atomic E-state index is -0.500. The molecule has 1 N–H and O–H groups in total. The van der Waals surface area contributed by atoms with Crippen LogP contribution in [0.15, 0.2) is 0 Å². The maximum absolute atomic E-state index is 9.70. The fraction of sp³-hybridized carbons (Fsp3) is 0.889. The molecular weight excluding hydrogens is 191 g/mol. The predicted molar refractivity (Wildman–Crippen MR) is 47.1 cm³/mol. The molecule has 0 aliphatic heterocycles. The Balaban J connectivity index is -0.000000126. The van der Waals surface area contributed by atoms with E-state index >= 15 is 0 Å². The van der Waals surface area contributed by atoms with E-state index in [1.54, 1.807) is 20.8 Å². The third-order valence-electron chi connectivity index (χ3n) is 0.306. The van der Waals surface area contributed by atoms with E-state index in [0.717, 1.165) is 0 Å². The van der Waals surface area contributed by atoms with Gasteiger partial charge in [-0.3, -0.25) is 6.29 Å². The first-order valence-corrected chi connectivity index (χ1v) is 3.68. The van der Waals surface area contributed by atoms with Crippen molar-refractivity contribution in [2.24, 2.45) is 5.41 Å². The van der Waals surface area contributed by atoms with Crippen LogP contribution in [-0.4, -0.2) is 17.0 Å². The van der Waals surface area contributed by atoms with Crippen molar-refractivity contribution < 1.29 is 28.5 Å². The van der Waals surface area contributed by atoms with Gasteiger partial charge < -0.3 is 9.90 Å². The summed E-state index contributed by atoms with van der Waals surface area (Å²) in [6, 6.07) is 0. The van der Waals surface area contributed by atoms with Crippen molar-refractivity contribution >= 4 is 6.29 Å². The number of carbonyl (C=O) groups excluding carboxylic acids is 1. The van der Waals surface area contributed by atoms with Crippen molar-refractivity contribution in [3.05, 3.63) is 0 Å². The zero-order valence-corrected chi connectivity index (χ0v) is 10.2. The molecule has 0 rings (SSSR count). The average Bonchev–Trinajstić information content (AvgIpc) is 1.59. The van der Waals surface area contributed by atoms with E-state index < -0.39 is 5.60 Å². The molecule has 0 aromatic heterocycles. The summed E-state index contributed by atoms with van der Waals surface area (Å²) >= 11 is 0. The molecule has 0 spiro atoms. The molecule has 0 aromatic rings. The van der Waals surface area contributed by atoms with Crippen LogP contribution in [0.25, 0.3) is 0 Å². The fourth-order valence-electron chi connectivity index (χ4n) is 0. The van der Waals surface area contributed by atoms with Crippen LogP contribution < -0.4 is 0 Å². The van der Waals surface area contributed by atoms with Crippen LogP contribution in [0.3, 0.4) is 0 Å². The van der Waals surface area contributed by atoms with Crippen molar-refractivity contribution in [1.82, 2.24) is 0 Å². The molecule has 73 valence electrons. The second-order valence-corrected chi connectivity index (χ2v) is 4.52. The molecule has 0 aromatic carbocycles. The van der Waals surface area contributed by atoms with Gasteiger partial charge in [-0.2, -0.15) is 0 Å². The van der Waals surface area contributed by atoms with Gasteiger partial charge in [-0.25, -0.2) is 0 Å². The molecule has 2 nitrogen and oxygen atoms in total. The molecule has 0 saturated carbocycles. The maximum atomic E-state index is 9.70. The quantitative estimate of drug-likeness (QED) is 0.620. The van der Waals surface area contributed by atoms with Gasteiger partial charge >= 0.3 is 0 Å². The second-order valence-electron chi connectivity index (χ2n) is 4.52. The summed E-state index contributed by atoms with van der Waals surface area (Å²) in [5.41, 5.74) is -0.764. The van der Waals surface area contributed by atoms with E-state index in [-0.39, 0.29) is 24.0 Å². The van der Waals surface area contributed by atoms with Crippen molar-refractivity contribution in [3.63, 3.8) is 0 Å². The second kappa shape index (κ2) is 6.70. The van der Waals surface area contributed by atoms with Gasteiger partial charge in [-0.15, -0.1) is 5.41 Å². The van der Waals surface area contributed by atoms with Crippen LogP contribution >= 0.6 is 0 Å². The Labute approximate surface area is 87.6 Å². The zero-order valence-electron chi connectivity index (χ0n) is 8.80. The summed E-state index contributed by atoms with van der Waals surface area (Å²) in [7, 11) is 0. The molecule has 0 unspecified atom stereocenters. The number of hydrogen-bond acceptors (Lipinski definition) is 2. The van der Waals surface area contributed by atoms with Crippen molar-refractivity contribution in [2.75, 3.05) is 0 Å². The van der Waals surface area contributed by atoms with E-state index in [1.807, 2.05) is 27.1 Å². The topological polar surface area (TPSA) is 37.3 Å². The van der Waals surface area contributed by atoms with E-state index in [0.29, 0.717) is 0 Å². The van der Waals surface area contributed by atoms with Gasteiger partial charge in [0.05, 0.1) is 5.60 Å². The Morgan fingerprint density at radius 1 is 1.00 bits per heavy atom. The summed E-state index contributed by atoms with van der Waals surface area (Å²) in [4.78, 5) is 9.70. The Morgan fingerprint density at radius 2 is 1.08 bits per heavy atom. The SMILES string of the molecule is CC(C)(C)O.CC(C)(C)[C-]=O.[V]. The fourth-order valence-corrected chi connectivity index (χ4v) is 0. The summed E-state index contributed by atoms with van der Waals surface area (Å²) in [5, 5.41) is 8.52. The van der Waals surface area contributed by atoms with Crippen LogP contribution in [0.4, 0.5) is 0 Å². The normalized spacial score (nSPS) is 10.6.